The van der Waals surface area contributed by atoms with Gasteiger partial charge in [0.1, 0.15) is 5.60 Å². The van der Waals surface area contributed by atoms with Crippen molar-refractivity contribution < 1.29 is 9.47 Å². The lowest BCUT2D eigenvalue weighted by atomic mass is 10.2. The van der Waals surface area contributed by atoms with Crippen LogP contribution in [0.1, 0.15) is 33.6 Å². The molecule has 0 atom stereocenters. The van der Waals surface area contributed by atoms with Crippen molar-refractivity contribution in [3.05, 3.63) is 21.8 Å². The van der Waals surface area contributed by atoms with E-state index in [0.717, 1.165) is 11.5 Å². The fraction of sp³-hybridized carbons (Fsp3) is 0.538. The van der Waals surface area contributed by atoms with Gasteiger partial charge in [-0.3, -0.25) is 0 Å². The molecule has 2 nitrogen and oxygen atoms in total. The molecule has 1 aromatic carbocycles. The van der Waals surface area contributed by atoms with Crippen molar-refractivity contribution in [1.82, 2.24) is 0 Å². The molecular formula is C13H17IO2. The van der Waals surface area contributed by atoms with Gasteiger partial charge in [-0.15, -0.1) is 0 Å². The Hall–Kier alpha value is -0.450. The molecule has 1 aromatic rings. The zero-order valence-electron chi connectivity index (χ0n) is 9.92. The summed E-state index contributed by atoms with van der Waals surface area (Å²) in [5.74, 6) is 1.73. The molecule has 0 spiro atoms. The van der Waals surface area contributed by atoms with Crippen LogP contribution in [-0.2, 0) is 0 Å². The molecule has 0 bridgehead atoms. The monoisotopic (exact) mass is 332 g/mol. The van der Waals surface area contributed by atoms with Crippen LogP contribution in [0.2, 0.25) is 0 Å². The normalized spacial score (nSPS) is 16.0. The lowest BCUT2D eigenvalue weighted by Crippen LogP contribution is -2.23. The third-order valence-electron chi connectivity index (χ3n) is 2.14. The van der Waals surface area contributed by atoms with E-state index in [4.69, 9.17) is 9.47 Å². The summed E-state index contributed by atoms with van der Waals surface area (Å²) in [6.45, 7) is 6.15. The molecule has 2 rings (SSSR count). The molecule has 88 valence electrons. The highest BCUT2D eigenvalue weighted by Crippen LogP contribution is 2.36. The highest BCUT2D eigenvalue weighted by atomic mass is 127. The van der Waals surface area contributed by atoms with Gasteiger partial charge in [0.05, 0.1) is 6.10 Å². The summed E-state index contributed by atoms with van der Waals surface area (Å²) in [5.41, 5.74) is -0.188. The van der Waals surface area contributed by atoms with E-state index in [1.54, 1.807) is 0 Å². The minimum Gasteiger partial charge on any atom is -0.487 e. The molecule has 0 N–H and O–H groups in total. The molecule has 16 heavy (non-hydrogen) atoms. The molecule has 3 heteroatoms. The quantitative estimate of drug-likeness (QED) is 0.779. The Balaban J connectivity index is 2.20. The molecule has 0 amide bonds. The first-order valence-electron chi connectivity index (χ1n) is 5.59. The maximum absolute atomic E-state index is 5.91. The Morgan fingerprint density at radius 2 is 1.88 bits per heavy atom. The Morgan fingerprint density at radius 3 is 2.44 bits per heavy atom. The Kier molecular flexibility index (Phi) is 3.33. The maximum atomic E-state index is 5.91. The van der Waals surface area contributed by atoms with Crippen LogP contribution in [0.15, 0.2) is 18.2 Å². The van der Waals surface area contributed by atoms with Gasteiger partial charge >= 0.3 is 0 Å². The summed E-state index contributed by atoms with van der Waals surface area (Å²) in [6, 6.07) is 6.08. The lowest BCUT2D eigenvalue weighted by Gasteiger charge is -2.23. The summed E-state index contributed by atoms with van der Waals surface area (Å²) in [7, 11) is 0. The first-order valence-corrected chi connectivity index (χ1v) is 6.67. The van der Waals surface area contributed by atoms with Crippen LogP contribution in [-0.4, -0.2) is 11.7 Å². The predicted octanol–water partition coefficient (Wildman–Crippen LogP) is 4.01. The second-order valence-corrected chi connectivity index (χ2v) is 6.37. The number of hydrogen-bond acceptors (Lipinski definition) is 2. The summed E-state index contributed by atoms with van der Waals surface area (Å²) < 4.78 is 12.9. The van der Waals surface area contributed by atoms with Crippen molar-refractivity contribution >= 4 is 22.6 Å². The van der Waals surface area contributed by atoms with Crippen LogP contribution in [0.4, 0.5) is 0 Å². The van der Waals surface area contributed by atoms with Gasteiger partial charge in [0, 0.05) is 3.57 Å². The Labute approximate surface area is 110 Å². The molecule has 1 fully saturated rings. The second kappa shape index (κ2) is 4.43. The summed E-state index contributed by atoms with van der Waals surface area (Å²) in [4.78, 5) is 0. The molecule has 0 saturated heterocycles. The predicted molar refractivity (Wildman–Crippen MR) is 73.2 cm³/mol. The van der Waals surface area contributed by atoms with Crippen molar-refractivity contribution in [2.24, 2.45) is 0 Å². The van der Waals surface area contributed by atoms with E-state index in [0.29, 0.717) is 6.10 Å². The lowest BCUT2D eigenvalue weighted by molar-refractivity contribution is 0.122. The molecule has 0 aliphatic heterocycles. The Morgan fingerprint density at radius 1 is 1.19 bits per heavy atom. The molecule has 1 saturated carbocycles. The van der Waals surface area contributed by atoms with Gasteiger partial charge < -0.3 is 9.47 Å². The van der Waals surface area contributed by atoms with E-state index in [2.05, 4.69) is 22.6 Å². The molecule has 0 radical (unpaired) electrons. The minimum atomic E-state index is -0.188. The minimum absolute atomic E-state index is 0.188. The molecule has 1 aliphatic carbocycles. The van der Waals surface area contributed by atoms with Crippen LogP contribution in [0.3, 0.4) is 0 Å². The van der Waals surface area contributed by atoms with Crippen LogP contribution in [0.25, 0.3) is 0 Å². The van der Waals surface area contributed by atoms with Crippen molar-refractivity contribution in [2.45, 2.75) is 45.3 Å². The van der Waals surface area contributed by atoms with Gasteiger partial charge in [0.25, 0.3) is 0 Å². The zero-order valence-corrected chi connectivity index (χ0v) is 12.1. The van der Waals surface area contributed by atoms with Gasteiger partial charge in [-0.2, -0.15) is 0 Å². The molecule has 0 aromatic heterocycles. The number of ether oxygens (including phenoxy) is 2. The highest BCUT2D eigenvalue weighted by molar-refractivity contribution is 14.1. The number of rotatable bonds is 3. The zero-order chi connectivity index (χ0) is 11.8. The number of hydrogen-bond donors (Lipinski definition) is 0. The van der Waals surface area contributed by atoms with Gasteiger partial charge in [0.15, 0.2) is 11.5 Å². The van der Waals surface area contributed by atoms with Crippen LogP contribution in [0.5, 0.6) is 11.5 Å². The molecule has 1 aliphatic rings. The second-order valence-electron chi connectivity index (χ2n) is 5.12. The van der Waals surface area contributed by atoms with Crippen LogP contribution >= 0.6 is 22.6 Å². The van der Waals surface area contributed by atoms with Crippen molar-refractivity contribution in [1.29, 1.82) is 0 Å². The molecule has 0 unspecified atom stereocenters. The fourth-order valence-corrected chi connectivity index (χ4v) is 1.82. The van der Waals surface area contributed by atoms with E-state index in [9.17, 15) is 0 Å². The van der Waals surface area contributed by atoms with Gasteiger partial charge in [-0.25, -0.2) is 0 Å². The van der Waals surface area contributed by atoms with E-state index in [1.165, 1.54) is 16.4 Å². The SMILES string of the molecule is CC(C)(C)Oc1cc(I)ccc1OC1CC1. The summed E-state index contributed by atoms with van der Waals surface area (Å²) in [6.07, 6.45) is 2.74. The van der Waals surface area contributed by atoms with Crippen LogP contribution in [0, 0.1) is 3.57 Å². The van der Waals surface area contributed by atoms with Crippen molar-refractivity contribution in [3.63, 3.8) is 0 Å². The van der Waals surface area contributed by atoms with Crippen molar-refractivity contribution in [2.75, 3.05) is 0 Å². The van der Waals surface area contributed by atoms with Gasteiger partial charge in [-0.05, 0) is 74.4 Å². The summed E-state index contributed by atoms with van der Waals surface area (Å²) >= 11 is 2.29. The first-order chi connectivity index (χ1) is 7.44. The van der Waals surface area contributed by atoms with E-state index in [-0.39, 0.29) is 5.60 Å². The largest absolute Gasteiger partial charge is 0.487 e. The maximum Gasteiger partial charge on any atom is 0.163 e. The van der Waals surface area contributed by atoms with Gasteiger partial charge in [0.2, 0.25) is 0 Å². The number of halogens is 1. The van der Waals surface area contributed by atoms with E-state index < -0.39 is 0 Å². The molecule has 0 heterocycles. The smallest absolute Gasteiger partial charge is 0.163 e. The fourth-order valence-electron chi connectivity index (χ4n) is 1.35. The molecular weight excluding hydrogens is 315 g/mol. The third kappa shape index (κ3) is 3.54. The average Bonchev–Trinajstić information content (AvgIpc) is 2.91. The average molecular weight is 332 g/mol. The van der Waals surface area contributed by atoms with Crippen molar-refractivity contribution in [3.8, 4) is 11.5 Å². The van der Waals surface area contributed by atoms with E-state index >= 15 is 0 Å². The van der Waals surface area contributed by atoms with E-state index in [1.807, 2.05) is 39.0 Å². The third-order valence-corrected chi connectivity index (χ3v) is 2.81. The topological polar surface area (TPSA) is 18.5 Å². The summed E-state index contributed by atoms with van der Waals surface area (Å²) in [5, 5.41) is 0. The highest BCUT2D eigenvalue weighted by Gasteiger charge is 2.25. The van der Waals surface area contributed by atoms with Crippen LogP contribution < -0.4 is 9.47 Å². The first kappa shape index (κ1) is 12.0. The van der Waals surface area contributed by atoms with Gasteiger partial charge in [-0.1, -0.05) is 0 Å². The Bertz CT molecular complexity index is 378. The standard InChI is InChI=1S/C13H17IO2/c1-13(2,3)16-12-8-9(14)4-7-11(12)15-10-5-6-10/h4,7-8,10H,5-6H2,1-3H3. The number of benzene rings is 1.